The van der Waals surface area contributed by atoms with Crippen molar-refractivity contribution in [3.8, 4) is 0 Å². The lowest BCUT2D eigenvalue weighted by atomic mass is 9.84. The number of carbonyl (C=O) groups is 1. The molecule has 0 atom stereocenters. The number of aldehydes is 1. The van der Waals surface area contributed by atoms with Crippen LogP contribution < -0.4 is 5.73 Å². The van der Waals surface area contributed by atoms with E-state index in [1.807, 2.05) is 13.8 Å². The highest BCUT2D eigenvalue weighted by molar-refractivity contribution is 5.63. The summed E-state index contributed by atoms with van der Waals surface area (Å²) in [6.07, 6.45) is 6.16. The van der Waals surface area contributed by atoms with Crippen molar-refractivity contribution in [1.29, 1.82) is 0 Å². The van der Waals surface area contributed by atoms with Gasteiger partial charge in [0.05, 0.1) is 5.54 Å². The van der Waals surface area contributed by atoms with Crippen LogP contribution in [0, 0.1) is 0 Å². The predicted octanol–water partition coefficient (Wildman–Crippen LogP) is 2.12. The summed E-state index contributed by atoms with van der Waals surface area (Å²) in [5.41, 5.74) is 5.23. The molecule has 0 amide bonds. The van der Waals surface area contributed by atoms with Crippen molar-refractivity contribution in [1.82, 2.24) is 0 Å². The third-order valence-electron chi connectivity index (χ3n) is 2.02. The monoisotopic (exact) mass is 159 g/mol. The summed E-state index contributed by atoms with van der Waals surface area (Å²) < 4.78 is 0. The number of nitrogens with two attached hydrogens (primary N) is 1. The first-order valence-corrected chi connectivity index (χ1v) is 4.52. The van der Waals surface area contributed by atoms with Crippen molar-refractivity contribution in [3.05, 3.63) is 0 Å². The second-order valence-electron chi connectivity index (χ2n) is 2.91. The van der Waals surface area contributed by atoms with E-state index >= 15 is 0 Å². The molecule has 2 heteroatoms. The van der Waals surface area contributed by atoms with Crippen LogP contribution in [0.25, 0.3) is 0 Å². The molecule has 0 aromatic heterocycles. The Kier molecular flexibility index (Phi) is 5.12. The Labute approximate surface area is 70.6 Å². The van der Waals surface area contributed by atoms with E-state index in [0.717, 1.165) is 32.0 Å². The molecule has 1 aliphatic carbocycles. The number of hydrogen-bond donors (Lipinski definition) is 1. The van der Waals surface area contributed by atoms with E-state index in [4.69, 9.17) is 5.73 Å². The van der Waals surface area contributed by atoms with Gasteiger partial charge in [0, 0.05) is 1.43 Å². The highest BCUT2D eigenvalue weighted by atomic mass is 16.1. The van der Waals surface area contributed by atoms with Gasteiger partial charge in [-0.15, -0.1) is 0 Å². The zero-order valence-corrected chi connectivity index (χ0v) is 7.60. The molecule has 1 fully saturated rings. The zero-order valence-electron chi connectivity index (χ0n) is 7.60. The molecule has 0 heterocycles. The predicted molar refractivity (Wildman–Crippen MR) is 49.5 cm³/mol. The van der Waals surface area contributed by atoms with Gasteiger partial charge in [-0.2, -0.15) is 0 Å². The Balaban J connectivity index is 0. The van der Waals surface area contributed by atoms with Crippen LogP contribution in [0.1, 0.15) is 47.4 Å². The van der Waals surface area contributed by atoms with E-state index < -0.39 is 5.54 Å². The molecule has 0 spiro atoms. The van der Waals surface area contributed by atoms with Crippen LogP contribution in [-0.2, 0) is 4.79 Å². The van der Waals surface area contributed by atoms with E-state index in [0.29, 0.717) is 0 Å². The van der Waals surface area contributed by atoms with Crippen LogP contribution in [0.4, 0.5) is 0 Å². The standard InChI is InChI=1S/C7H13NO.C2H6.H2/c8-7(6-9)4-2-1-3-5-7;1-2;/h6H,1-5,8H2;1-2H3;1H. The van der Waals surface area contributed by atoms with Gasteiger partial charge in [0.1, 0.15) is 6.29 Å². The molecule has 1 aliphatic rings. The molecule has 0 bridgehead atoms. The van der Waals surface area contributed by atoms with Crippen molar-refractivity contribution in [2.45, 2.75) is 51.5 Å². The highest BCUT2D eigenvalue weighted by Gasteiger charge is 2.25. The minimum absolute atomic E-state index is 0. The van der Waals surface area contributed by atoms with Crippen molar-refractivity contribution < 1.29 is 6.22 Å². The van der Waals surface area contributed by atoms with Gasteiger partial charge in [0.15, 0.2) is 0 Å². The van der Waals surface area contributed by atoms with Crippen LogP contribution in [0.3, 0.4) is 0 Å². The molecular weight excluding hydrogens is 138 g/mol. The van der Waals surface area contributed by atoms with Gasteiger partial charge in [0.25, 0.3) is 0 Å². The van der Waals surface area contributed by atoms with E-state index in [2.05, 4.69) is 0 Å². The lowest BCUT2D eigenvalue weighted by Gasteiger charge is -2.26. The van der Waals surface area contributed by atoms with Crippen molar-refractivity contribution in [2.24, 2.45) is 5.73 Å². The number of carbonyl (C=O) groups excluding carboxylic acids is 1. The lowest BCUT2D eigenvalue weighted by Crippen LogP contribution is -2.43. The first-order chi connectivity index (χ1) is 5.27. The average Bonchev–Trinajstić information content (AvgIpc) is 2.10. The summed E-state index contributed by atoms with van der Waals surface area (Å²) >= 11 is 0. The molecular formula is C9H21NO. The van der Waals surface area contributed by atoms with Gasteiger partial charge in [0.2, 0.25) is 0 Å². The quantitative estimate of drug-likeness (QED) is 0.595. The SMILES string of the molecule is CC.NC1(C=O)CCCCC1.[HH]. The van der Waals surface area contributed by atoms with E-state index in [1.54, 1.807) is 0 Å². The molecule has 0 radical (unpaired) electrons. The van der Waals surface area contributed by atoms with E-state index in [1.165, 1.54) is 6.42 Å². The van der Waals surface area contributed by atoms with Crippen LogP contribution in [0.5, 0.6) is 0 Å². The smallest absolute Gasteiger partial charge is 0.139 e. The topological polar surface area (TPSA) is 43.1 Å². The molecule has 1 saturated carbocycles. The Morgan fingerprint density at radius 1 is 1.27 bits per heavy atom. The molecule has 0 aromatic rings. The molecule has 1 rings (SSSR count). The summed E-state index contributed by atoms with van der Waals surface area (Å²) in [7, 11) is 0. The van der Waals surface area contributed by atoms with Crippen LogP contribution in [0.15, 0.2) is 0 Å². The molecule has 0 saturated heterocycles. The van der Waals surface area contributed by atoms with E-state index in [-0.39, 0.29) is 1.43 Å². The Bertz CT molecular complexity index is 111. The minimum atomic E-state index is -0.460. The van der Waals surface area contributed by atoms with Gasteiger partial charge >= 0.3 is 0 Å². The number of hydrogen-bond acceptors (Lipinski definition) is 2. The average molecular weight is 159 g/mol. The minimum Gasteiger partial charge on any atom is -0.319 e. The van der Waals surface area contributed by atoms with E-state index in [9.17, 15) is 4.79 Å². The first-order valence-electron chi connectivity index (χ1n) is 4.52. The Morgan fingerprint density at radius 2 is 1.73 bits per heavy atom. The van der Waals surface area contributed by atoms with Crippen LogP contribution in [-0.4, -0.2) is 11.8 Å². The molecule has 68 valence electrons. The summed E-state index contributed by atoms with van der Waals surface area (Å²) in [5.74, 6) is 0. The molecule has 2 nitrogen and oxygen atoms in total. The summed E-state index contributed by atoms with van der Waals surface area (Å²) in [4.78, 5) is 10.4. The third-order valence-corrected chi connectivity index (χ3v) is 2.02. The fourth-order valence-corrected chi connectivity index (χ4v) is 1.33. The maximum Gasteiger partial charge on any atom is 0.139 e. The highest BCUT2D eigenvalue weighted by Crippen LogP contribution is 2.23. The number of rotatable bonds is 1. The van der Waals surface area contributed by atoms with Gasteiger partial charge in [-0.3, -0.25) is 0 Å². The van der Waals surface area contributed by atoms with Crippen LogP contribution >= 0.6 is 0 Å². The maximum absolute atomic E-state index is 10.4. The largest absolute Gasteiger partial charge is 0.319 e. The molecule has 0 aliphatic heterocycles. The fourth-order valence-electron chi connectivity index (χ4n) is 1.33. The van der Waals surface area contributed by atoms with Gasteiger partial charge in [-0.05, 0) is 12.8 Å². The van der Waals surface area contributed by atoms with Gasteiger partial charge < -0.3 is 10.5 Å². The summed E-state index contributed by atoms with van der Waals surface area (Å²) in [5, 5.41) is 0. The fraction of sp³-hybridized carbons (Fsp3) is 0.889. The second-order valence-corrected chi connectivity index (χ2v) is 2.91. The molecule has 0 aromatic carbocycles. The van der Waals surface area contributed by atoms with Crippen molar-refractivity contribution in [2.75, 3.05) is 0 Å². The third kappa shape index (κ3) is 3.51. The molecule has 11 heavy (non-hydrogen) atoms. The van der Waals surface area contributed by atoms with Gasteiger partial charge in [-0.25, -0.2) is 0 Å². The zero-order chi connectivity index (χ0) is 8.74. The normalized spacial score (nSPS) is 21.4. The molecule has 2 N–H and O–H groups in total. The summed E-state index contributed by atoms with van der Waals surface area (Å²) in [6, 6.07) is 0. The van der Waals surface area contributed by atoms with Gasteiger partial charge in [-0.1, -0.05) is 33.1 Å². The maximum atomic E-state index is 10.4. The van der Waals surface area contributed by atoms with Crippen LogP contribution in [0.2, 0.25) is 0 Å². The Hall–Kier alpha value is -0.370. The lowest BCUT2D eigenvalue weighted by molar-refractivity contribution is -0.113. The molecule has 0 unspecified atom stereocenters. The second kappa shape index (κ2) is 5.30. The Morgan fingerprint density at radius 3 is 2.00 bits per heavy atom. The summed E-state index contributed by atoms with van der Waals surface area (Å²) in [6.45, 7) is 4.00. The van der Waals surface area contributed by atoms with Crippen molar-refractivity contribution >= 4 is 6.29 Å². The first kappa shape index (κ1) is 10.6. The van der Waals surface area contributed by atoms with Crippen molar-refractivity contribution in [3.63, 3.8) is 0 Å².